The lowest BCUT2D eigenvalue weighted by Crippen LogP contribution is -2.51. The van der Waals surface area contributed by atoms with E-state index in [0.717, 1.165) is 29.2 Å². The van der Waals surface area contributed by atoms with Crippen molar-refractivity contribution in [3.8, 4) is 0 Å². The zero-order chi connectivity index (χ0) is 30.1. The number of nitrogens with two attached hydrogens (primary N) is 1. The number of esters is 1. The van der Waals surface area contributed by atoms with Gasteiger partial charge in [-0.05, 0) is 72.7 Å². The van der Waals surface area contributed by atoms with Crippen LogP contribution in [-0.4, -0.2) is 70.0 Å². The normalized spacial score (nSPS) is 16.0. The molecule has 3 aromatic carbocycles. The lowest BCUT2D eigenvalue weighted by molar-refractivity contribution is -0.140. The first-order valence-corrected chi connectivity index (χ1v) is 15.5. The van der Waals surface area contributed by atoms with Gasteiger partial charge in [0.15, 0.2) is 5.96 Å². The first-order valence-electron chi connectivity index (χ1n) is 14.0. The summed E-state index contributed by atoms with van der Waals surface area (Å²) in [6.45, 7) is 3.67. The van der Waals surface area contributed by atoms with E-state index in [1.54, 1.807) is 48.2 Å². The molecule has 0 radical (unpaired) electrons. The molecular weight excluding hydrogens is 556 g/mol. The molecule has 11 nitrogen and oxygen atoms in total. The molecule has 4 rings (SSSR count). The van der Waals surface area contributed by atoms with Crippen LogP contribution in [0.5, 0.6) is 0 Å². The molecule has 1 heterocycles. The standard InChI is InChI=1S/C30H38N6O5S/c1-2-41-28(37)19-33-25-12-9-21(10-13-25)16-27(29(38)34-18-22-6-5-15-36(20-22)30(31)32)35-42(39,40)26-14-11-23-7-3-4-8-24(23)17-26/h3-4,7-14,17,22,27,33,35H,2,5-6,15-16,18-20H2,1H3,(H3,31,32)(H,34,38)/t22-,27-/m1/s1. The van der Waals surface area contributed by atoms with Gasteiger partial charge in [-0.1, -0.05) is 42.5 Å². The number of carbonyl (C=O) groups is 2. The molecule has 1 aliphatic heterocycles. The molecular formula is C30H38N6O5S. The number of guanidine groups is 1. The Bertz CT molecular complexity index is 1510. The zero-order valence-electron chi connectivity index (χ0n) is 23.6. The molecule has 2 atom stereocenters. The Kier molecular flexibility index (Phi) is 10.4. The summed E-state index contributed by atoms with van der Waals surface area (Å²) in [4.78, 5) is 26.9. The highest BCUT2D eigenvalue weighted by atomic mass is 32.2. The molecule has 6 N–H and O–H groups in total. The summed E-state index contributed by atoms with van der Waals surface area (Å²) in [5, 5.41) is 15.3. The predicted molar refractivity (Wildman–Crippen MR) is 163 cm³/mol. The summed E-state index contributed by atoms with van der Waals surface area (Å²) >= 11 is 0. The van der Waals surface area contributed by atoms with Gasteiger partial charge in [0.05, 0.1) is 11.5 Å². The quantitative estimate of drug-likeness (QED) is 0.121. The van der Waals surface area contributed by atoms with Crippen LogP contribution in [0.4, 0.5) is 5.69 Å². The number of piperidine rings is 1. The first-order chi connectivity index (χ1) is 20.1. The second-order valence-electron chi connectivity index (χ2n) is 10.3. The van der Waals surface area contributed by atoms with E-state index < -0.39 is 22.0 Å². The number of nitrogens with zero attached hydrogens (tertiary/aromatic N) is 1. The number of likely N-dealkylation sites (tertiary alicyclic amines) is 1. The third kappa shape index (κ3) is 8.43. The molecule has 3 aromatic rings. The molecule has 1 aliphatic rings. The number of hydrogen-bond acceptors (Lipinski definition) is 7. The summed E-state index contributed by atoms with van der Waals surface area (Å²) in [6, 6.07) is 18.3. The van der Waals surface area contributed by atoms with Crippen LogP contribution in [-0.2, 0) is 30.8 Å². The topological polar surface area (TPSA) is 167 Å². The van der Waals surface area contributed by atoms with Crippen molar-refractivity contribution in [2.75, 3.05) is 38.1 Å². The van der Waals surface area contributed by atoms with Gasteiger partial charge in [0.1, 0.15) is 12.6 Å². The van der Waals surface area contributed by atoms with Gasteiger partial charge in [0.25, 0.3) is 0 Å². The number of benzene rings is 3. The summed E-state index contributed by atoms with van der Waals surface area (Å²) in [7, 11) is -4.04. The van der Waals surface area contributed by atoms with Crippen molar-refractivity contribution in [3.63, 3.8) is 0 Å². The van der Waals surface area contributed by atoms with Crippen molar-refractivity contribution in [1.29, 1.82) is 5.41 Å². The van der Waals surface area contributed by atoms with Gasteiger partial charge in [-0.3, -0.25) is 15.0 Å². The fourth-order valence-electron chi connectivity index (χ4n) is 4.98. The molecule has 0 bridgehead atoms. The Morgan fingerprint density at radius 3 is 2.55 bits per heavy atom. The number of sulfonamides is 1. The predicted octanol–water partition coefficient (Wildman–Crippen LogP) is 2.43. The number of nitrogens with one attached hydrogen (secondary N) is 4. The number of amides is 1. The lowest BCUT2D eigenvalue weighted by Gasteiger charge is -2.33. The number of ether oxygens (including phenoxy) is 1. The van der Waals surface area contributed by atoms with Crippen LogP contribution in [0.2, 0.25) is 0 Å². The molecule has 0 aromatic heterocycles. The van der Waals surface area contributed by atoms with Gasteiger partial charge in [0.2, 0.25) is 15.9 Å². The largest absolute Gasteiger partial charge is 0.465 e. The van der Waals surface area contributed by atoms with E-state index in [0.29, 0.717) is 31.9 Å². The van der Waals surface area contributed by atoms with Gasteiger partial charge in [-0.25, -0.2) is 8.42 Å². The monoisotopic (exact) mass is 594 g/mol. The second-order valence-corrected chi connectivity index (χ2v) is 12.0. The minimum Gasteiger partial charge on any atom is -0.465 e. The summed E-state index contributed by atoms with van der Waals surface area (Å²) < 4.78 is 34.5. The summed E-state index contributed by atoms with van der Waals surface area (Å²) in [6.07, 6.45) is 1.84. The van der Waals surface area contributed by atoms with Gasteiger partial charge < -0.3 is 26.0 Å². The van der Waals surface area contributed by atoms with E-state index in [-0.39, 0.29) is 35.7 Å². The minimum absolute atomic E-state index is 0.00670. The highest BCUT2D eigenvalue weighted by Crippen LogP contribution is 2.20. The molecule has 0 unspecified atom stereocenters. The molecule has 42 heavy (non-hydrogen) atoms. The summed E-state index contributed by atoms with van der Waals surface area (Å²) in [5.41, 5.74) is 7.08. The van der Waals surface area contributed by atoms with Crippen molar-refractivity contribution in [3.05, 3.63) is 72.3 Å². The van der Waals surface area contributed by atoms with Crippen LogP contribution < -0.4 is 21.1 Å². The van der Waals surface area contributed by atoms with Gasteiger partial charge >= 0.3 is 5.97 Å². The van der Waals surface area contributed by atoms with Crippen LogP contribution in [0, 0.1) is 11.3 Å². The molecule has 1 fully saturated rings. The second kappa shape index (κ2) is 14.1. The third-order valence-corrected chi connectivity index (χ3v) is 8.68. The molecule has 0 saturated carbocycles. The van der Waals surface area contributed by atoms with E-state index in [1.165, 1.54) is 6.07 Å². The maximum absolute atomic E-state index is 13.5. The van der Waals surface area contributed by atoms with Crippen molar-refractivity contribution < 1.29 is 22.7 Å². The maximum atomic E-state index is 13.5. The maximum Gasteiger partial charge on any atom is 0.325 e. The van der Waals surface area contributed by atoms with E-state index in [4.69, 9.17) is 15.9 Å². The van der Waals surface area contributed by atoms with Crippen LogP contribution >= 0.6 is 0 Å². The summed E-state index contributed by atoms with van der Waals surface area (Å²) in [5.74, 6) is -0.712. The highest BCUT2D eigenvalue weighted by molar-refractivity contribution is 7.89. The lowest BCUT2D eigenvalue weighted by atomic mass is 9.98. The Labute approximate surface area is 246 Å². The van der Waals surface area contributed by atoms with Crippen LogP contribution in [0.25, 0.3) is 10.8 Å². The Morgan fingerprint density at radius 2 is 1.83 bits per heavy atom. The number of anilines is 1. The minimum atomic E-state index is -4.04. The van der Waals surface area contributed by atoms with Gasteiger partial charge in [-0.15, -0.1) is 0 Å². The Hall–Kier alpha value is -4.16. The Balaban J connectivity index is 1.49. The highest BCUT2D eigenvalue weighted by Gasteiger charge is 2.28. The number of carbonyl (C=O) groups excluding carboxylic acids is 2. The van der Waals surface area contributed by atoms with Crippen LogP contribution in [0.1, 0.15) is 25.3 Å². The zero-order valence-corrected chi connectivity index (χ0v) is 24.5. The molecule has 12 heteroatoms. The average molecular weight is 595 g/mol. The SMILES string of the molecule is CCOC(=O)CNc1ccc(C[C@@H](NS(=O)(=O)c2ccc3ccccc3c2)C(=O)NC[C@H]2CCCN(C(=N)N)C2)cc1. The van der Waals surface area contributed by atoms with Crippen molar-refractivity contribution in [2.45, 2.75) is 37.1 Å². The van der Waals surface area contributed by atoms with Crippen molar-refractivity contribution in [2.24, 2.45) is 11.7 Å². The average Bonchev–Trinajstić information content (AvgIpc) is 2.99. The first kappa shape index (κ1) is 30.8. The molecule has 224 valence electrons. The van der Waals surface area contributed by atoms with Gasteiger partial charge in [-0.2, -0.15) is 4.72 Å². The molecule has 0 aliphatic carbocycles. The van der Waals surface area contributed by atoms with E-state index in [2.05, 4.69) is 15.4 Å². The third-order valence-electron chi connectivity index (χ3n) is 7.21. The van der Waals surface area contributed by atoms with E-state index in [9.17, 15) is 18.0 Å². The smallest absolute Gasteiger partial charge is 0.325 e. The number of fused-ring (bicyclic) bond motifs is 1. The molecule has 0 spiro atoms. The van der Waals surface area contributed by atoms with Crippen molar-refractivity contribution >= 4 is 44.3 Å². The van der Waals surface area contributed by atoms with E-state index >= 15 is 0 Å². The molecule has 1 saturated heterocycles. The van der Waals surface area contributed by atoms with Gasteiger partial charge in [0, 0.05) is 25.3 Å². The van der Waals surface area contributed by atoms with Crippen molar-refractivity contribution in [1.82, 2.24) is 14.9 Å². The van der Waals surface area contributed by atoms with E-state index in [1.807, 2.05) is 24.3 Å². The number of rotatable bonds is 12. The van der Waals surface area contributed by atoms with Crippen LogP contribution in [0.15, 0.2) is 71.6 Å². The fraction of sp³-hybridized carbons (Fsp3) is 0.367. The Morgan fingerprint density at radius 1 is 1.10 bits per heavy atom. The van der Waals surface area contributed by atoms with Crippen LogP contribution in [0.3, 0.4) is 0 Å². The molecule has 1 amide bonds. The fourth-order valence-corrected chi connectivity index (χ4v) is 6.21. The number of hydrogen-bond donors (Lipinski definition) is 5.